The molecule has 1 aromatic heterocycles. The molecule has 8 nitrogen and oxygen atoms in total. The minimum atomic E-state index is -0.713. The summed E-state index contributed by atoms with van der Waals surface area (Å²) in [5.74, 6) is -0.154. The van der Waals surface area contributed by atoms with Crippen molar-refractivity contribution in [2.24, 2.45) is 0 Å². The van der Waals surface area contributed by atoms with E-state index in [-0.39, 0.29) is 17.4 Å². The van der Waals surface area contributed by atoms with Crippen LogP contribution in [0.3, 0.4) is 0 Å². The Kier molecular flexibility index (Phi) is 8.28. The zero-order valence-electron chi connectivity index (χ0n) is 21.5. The summed E-state index contributed by atoms with van der Waals surface area (Å²) in [5, 5.41) is 11.3. The molecule has 0 spiro atoms. The van der Waals surface area contributed by atoms with Crippen LogP contribution in [0.4, 0.5) is 0 Å². The van der Waals surface area contributed by atoms with Gasteiger partial charge in [0.05, 0.1) is 30.7 Å². The second-order valence-electron chi connectivity index (χ2n) is 9.26. The Morgan fingerprint density at radius 2 is 1.73 bits per heavy atom. The lowest BCUT2D eigenvalue weighted by Gasteiger charge is -2.25. The molecule has 2 heterocycles. The van der Waals surface area contributed by atoms with Gasteiger partial charge in [-0.15, -0.1) is 0 Å². The summed E-state index contributed by atoms with van der Waals surface area (Å²) in [6.07, 6.45) is 6.79. The molecule has 0 bridgehead atoms. The molecule has 8 heteroatoms. The first-order valence-electron chi connectivity index (χ1n) is 12.6. The number of hydrogen-bond acceptors (Lipinski definition) is 6. The van der Waals surface area contributed by atoms with E-state index in [1.54, 1.807) is 41.7 Å². The van der Waals surface area contributed by atoms with Crippen LogP contribution in [0.2, 0.25) is 0 Å². The predicted octanol–water partition coefficient (Wildman–Crippen LogP) is 4.97. The van der Waals surface area contributed by atoms with Gasteiger partial charge in [0.2, 0.25) is 0 Å². The van der Waals surface area contributed by atoms with Crippen molar-refractivity contribution < 1.29 is 24.2 Å². The van der Waals surface area contributed by atoms with Gasteiger partial charge in [0.15, 0.2) is 0 Å². The van der Waals surface area contributed by atoms with Gasteiger partial charge in [0.25, 0.3) is 11.7 Å². The van der Waals surface area contributed by atoms with E-state index in [9.17, 15) is 14.7 Å². The van der Waals surface area contributed by atoms with Crippen LogP contribution in [-0.2, 0) is 16.1 Å². The van der Waals surface area contributed by atoms with Crippen molar-refractivity contribution >= 4 is 17.4 Å². The maximum absolute atomic E-state index is 13.3. The molecular formula is C29H33N3O5. The second-order valence-corrected chi connectivity index (χ2v) is 9.26. The average molecular weight is 504 g/mol. The van der Waals surface area contributed by atoms with E-state index < -0.39 is 17.7 Å². The van der Waals surface area contributed by atoms with Gasteiger partial charge < -0.3 is 24.0 Å². The number of benzene rings is 2. The van der Waals surface area contributed by atoms with Crippen LogP contribution in [0.5, 0.6) is 11.5 Å². The molecule has 0 radical (unpaired) electrons. The van der Waals surface area contributed by atoms with Crippen LogP contribution in [0.25, 0.3) is 5.76 Å². The third-order valence-electron chi connectivity index (χ3n) is 6.08. The molecule has 1 amide bonds. The van der Waals surface area contributed by atoms with Crippen molar-refractivity contribution in [3.8, 4) is 11.5 Å². The van der Waals surface area contributed by atoms with Gasteiger partial charge >= 0.3 is 0 Å². The van der Waals surface area contributed by atoms with Crippen molar-refractivity contribution in [1.29, 1.82) is 0 Å². The molecule has 1 fully saturated rings. The fourth-order valence-electron chi connectivity index (χ4n) is 4.39. The first kappa shape index (κ1) is 26.0. The number of Topliss-reactive ketones (excluding diaryl/α,β-unsaturated/α-hetero) is 1. The number of hydrogen-bond donors (Lipinski definition) is 1. The Bertz CT molecular complexity index is 1230. The van der Waals surface area contributed by atoms with Crippen LogP contribution >= 0.6 is 0 Å². The molecule has 0 saturated carbocycles. The molecule has 1 atom stereocenters. The number of carbonyl (C=O) groups excluding carboxylic acids is 2. The number of rotatable bonds is 11. The number of aryl methyl sites for hydroxylation is 1. The largest absolute Gasteiger partial charge is 0.507 e. The summed E-state index contributed by atoms with van der Waals surface area (Å²) in [6, 6.07) is 13.5. The molecular weight excluding hydrogens is 470 g/mol. The summed E-state index contributed by atoms with van der Waals surface area (Å²) in [6.45, 7) is 7.49. The van der Waals surface area contributed by atoms with Gasteiger partial charge in [0.1, 0.15) is 17.3 Å². The number of carbonyl (C=O) groups is 2. The maximum atomic E-state index is 13.3. The van der Waals surface area contributed by atoms with E-state index in [0.717, 1.165) is 12.0 Å². The van der Waals surface area contributed by atoms with E-state index >= 15 is 0 Å². The Balaban J connectivity index is 1.68. The van der Waals surface area contributed by atoms with E-state index in [1.165, 1.54) is 0 Å². The Morgan fingerprint density at radius 3 is 2.35 bits per heavy atom. The van der Waals surface area contributed by atoms with Crippen molar-refractivity contribution in [2.45, 2.75) is 52.3 Å². The van der Waals surface area contributed by atoms with Crippen molar-refractivity contribution in [1.82, 2.24) is 14.5 Å². The monoisotopic (exact) mass is 503 g/mol. The summed E-state index contributed by atoms with van der Waals surface area (Å²) in [4.78, 5) is 32.0. The highest BCUT2D eigenvalue weighted by Gasteiger charge is 2.45. The van der Waals surface area contributed by atoms with Crippen LogP contribution < -0.4 is 9.47 Å². The van der Waals surface area contributed by atoms with Gasteiger partial charge in [-0.2, -0.15) is 0 Å². The Hall–Kier alpha value is -4.07. The minimum absolute atomic E-state index is 0.0105. The maximum Gasteiger partial charge on any atom is 0.295 e. The minimum Gasteiger partial charge on any atom is -0.507 e. The number of aromatic nitrogens is 2. The molecule has 1 aliphatic heterocycles. The van der Waals surface area contributed by atoms with E-state index in [1.807, 2.05) is 55.8 Å². The third kappa shape index (κ3) is 6.02. The second kappa shape index (κ2) is 11.8. The summed E-state index contributed by atoms with van der Waals surface area (Å²) < 4.78 is 13.3. The van der Waals surface area contributed by atoms with Crippen LogP contribution in [0.15, 0.2) is 72.8 Å². The van der Waals surface area contributed by atoms with Gasteiger partial charge in [-0.05, 0) is 68.7 Å². The van der Waals surface area contributed by atoms with Gasteiger partial charge in [-0.1, -0.05) is 19.1 Å². The fourth-order valence-corrected chi connectivity index (χ4v) is 4.39. The summed E-state index contributed by atoms with van der Waals surface area (Å²) in [5.41, 5.74) is 1.25. The lowest BCUT2D eigenvalue weighted by atomic mass is 9.95. The Labute approximate surface area is 217 Å². The van der Waals surface area contributed by atoms with Gasteiger partial charge in [0, 0.05) is 31.0 Å². The van der Waals surface area contributed by atoms with Crippen molar-refractivity contribution in [2.75, 3.05) is 13.2 Å². The van der Waals surface area contributed by atoms with Crippen molar-refractivity contribution in [3.05, 3.63) is 84.0 Å². The van der Waals surface area contributed by atoms with E-state index in [2.05, 4.69) is 4.98 Å². The number of amides is 1. The molecule has 0 unspecified atom stereocenters. The van der Waals surface area contributed by atoms with Crippen LogP contribution in [0, 0.1) is 0 Å². The zero-order chi connectivity index (χ0) is 26.4. The summed E-state index contributed by atoms with van der Waals surface area (Å²) in [7, 11) is 0. The highest BCUT2D eigenvalue weighted by Crippen LogP contribution is 2.40. The van der Waals surface area contributed by atoms with Crippen LogP contribution in [-0.4, -0.2) is 50.5 Å². The first-order chi connectivity index (χ1) is 17.9. The number of imidazole rings is 1. The highest BCUT2D eigenvalue weighted by molar-refractivity contribution is 6.46. The standard InChI is InChI=1S/C29H33N3O5/c1-4-18-36-23-10-6-21(7-11-23)26-25(27(33)22-8-12-24(13-9-22)37-20(2)3)28(34)29(35)32(26)16-5-15-31-17-14-30-19-31/h6-14,17,19-20,26,33H,4-5,15-16,18H2,1-3H3/t26-/m0/s1. The number of likely N-dealkylation sites (tertiary alicyclic amines) is 1. The number of ether oxygens (including phenoxy) is 2. The molecule has 4 rings (SSSR count). The Morgan fingerprint density at radius 1 is 1.03 bits per heavy atom. The lowest BCUT2D eigenvalue weighted by molar-refractivity contribution is -0.139. The third-order valence-corrected chi connectivity index (χ3v) is 6.08. The van der Waals surface area contributed by atoms with E-state index in [4.69, 9.17) is 9.47 Å². The normalized spacial score (nSPS) is 17.0. The number of aliphatic hydroxyl groups is 1. The quantitative estimate of drug-likeness (QED) is 0.226. The average Bonchev–Trinajstić information content (AvgIpc) is 3.50. The topological polar surface area (TPSA) is 93.9 Å². The molecule has 1 N–H and O–H groups in total. The lowest BCUT2D eigenvalue weighted by Crippen LogP contribution is -2.31. The van der Waals surface area contributed by atoms with E-state index in [0.29, 0.717) is 43.2 Å². The number of aliphatic hydroxyl groups excluding tert-OH is 1. The molecule has 1 saturated heterocycles. The smallest absolute Gasteiger partial charge is 0.295 e. The van der Waals surface area contributed by atoms with Gasteiger partial charge in [-0.3, -0.25) is 9.59 Å². The predicted molar refractivity (Wildman–Crippen MR) is 140 cm³/mol. The fraction of sp³-hybridized carbons (Fsp3) is 0.345. The molecule has 37 heavy (non-hydrogen) atoms. The number of ketones is 1. The first-order valence-corrected chi connectivity index (χ1v) is 12.6. The molecule has 0 aliphatic carbocycles. The molecule has 2 aromatic carbocycles. The SMILES string of the molecule is CCCOc1ccc([C@H]2C(=C(O)c3ccc(OC(C)C)cc3)C(=O)C(=O)N2CCCn2ccnc2)cc1. The van der Waals surface area contributed by atoms with Crippen molar-refractivity contribution in [3.63, 3.8) is 0 Å². The highest BCUT2D eigenvalue weighted by atomic mass is 16.5. The molecule has 1 aliphatic rings. The number of nitrogens with zero attached hydrogens (tertiary/aromatic N) is 3. The molecule has 194 valence electrons. The zero-order valence-corrected chi connectivity index (χ0v) is 21.5. The van der Waals surface area contributed by atoms with Crippen LogP contribution in [0.1, 0.15) is 50.8 Å². The summed E-state index contributed by atoms with van der Waals surface area (Å²) >= 11 is 0. The van der Waals surface area contributed by atoms with Gasteiger partial charge in [-0.25, -0.2) is 4.98 Å². The molecule has 3 aromatic rings.